The Morgan fingerprint density at radius 3 is 2.71 bits per heavy atom. The fourth-order valence-electron chi connectivity index (χ4n) is 0.825. The average molecular weight is 353 g/mol. The molecule has 96 valence electrons. The minimum atomic E-state index is -0.783. The highest BCUT2D eigenvalue weighted by molar-refractivity contribution is 14.1. The summed E-state index contributed by atoms with van der Waals surface area (Å²) in [5, 5.41) is 2.36. The normalized spacial score (nSPS) is 13.1. The van der Waals surface area contributed by atoms with Gasteiger partial charge in [-0.3, -0.25) is 0 Å². The van der Waals surface area contributed by atoms with Crippen molar-refractivity contribution in [1.82, 2.24) is 5.32 Å². The number of rotatable bonds is 6. The molecule has 1 N–H and O–H groups in total. The van der Waals surface area contributed by atoms with Crippen LogP contribution in [-0.2, 0) is 14.3 Å². The SMILES string of the molecule is C#CC(I)OC(=O)[C@H](C)NC(=O)OCCCC. The van der Waals surface area contributed by atoms with Crippen LogP contribution >= 0.6 is 22.6 Å². The van der Waals surface area contributed by atoms with Crippen molar-refractivity contribution < 1.29 is 19.1 Å². The number of unbranched alkanes of at least 4 members (excludes halogenated alkanes) is 1. The number of hydrogen-bond acceptors (Lipinski definition) is 4. The Hall–Kier alpha value is -0.970. The van der Waals surface area contributed by atoms with Gasteiger partial charge in [0.05, 0.1) is 6.61 Å². The van der Waals surface area contributed by atoms with E-state index in [2.05, 4.69) is 11.2 Å². The summed E-state index contributed by atoms with van der Waals surface area (Å²) in [6, 6.07) is -0.783. The second kappa shape index (κ2) is 9.10. The lowest BCUT2D eigenvalue weighted by molar-refractivity contribution is -0.144. The first kappa shape index (κ1) is 16.0. The highest BCUT2D eigenvalue weighted by atomic mass is 127. The fourth-order valence-corrected chi connectivity index (χ4v) is 1.08. The number of esters is 1. The highest BCUT2D eigenvalue weighted by Gasteiger charge is 2.19. The molecule has 0 fully saturated rings. The van der Waals surface area contributed by atoms with Crippen LogP contribution < -0.4 is 5.32 Å². The molecule has 0 rings (SSSR count). The second-order valence-corrected chi connectivity index (χ2v) is 4.41. The standard InChI is InChI=1S/C11H16INO4/c1-4-6-7-16-11(15)13-8(3)10(14)17-9(12)5-2/h2,8-9H,4,6-7H2,1,3H3,(H,13,15)/t8-,9?/m0/s1. The van der Waals surface area contributed by atoms with Crippen LogP contribution in [0, 0.1) is 12.3 Å². The number of amides is 1. The molecule has 0 bridgehead atoms. The first-order valence-corrected chi connectivity index (χ1v) is 6.49. The van der Waals surface area contributed by atoms with Crippen LogP contribution in [0.3, 0.4) is 0 Å². The van der Waals surface area contributed by atoms with Gasteiger partial charge in [0.1, 0.15) is 6.04 Å². The van der Waals surface area contributed by atoms with Crippen molar-refractivity contribution in [3.8, 4) is 12.3 Å². The highest BCUT2D eigenvalue weighted by Crippen LogP contribution is 2.02. The summed E-state index contributed by atoms with van der Waals surface area (Å²) in [7, 11) is 0. The lowest BCUT2D eigenvalue weighted by atomic mass is 10.3. The van der Waals surface area contributed by atoms with Crippen molar-refractivity contribution in [1.29, 1.82) is 0 Å². The van der Waals surface area contributed by atoms with Crippen LogP contribution in [0.15, 0.2) is 0 Å². The van der Waals surface area contributed by atoms with Crippen LogP contribution in [0.25, 0.3) is 0 Å². The van der Waals surface area contributed by atoms with Crippen LogP contribution in [-0.4, -0.2) is 28.8 Å². The first-order chi connectivity index (χ1) is 8.01. The molecule has 5 nitrogen and oxygen atoms in total. The van der Waals surface area contributed by atoms with Crippen molar-refractivity contribution >= 4 is 34.7 Å². The molecule has 0 aliphatic heterocycles. The van der Waals surface area contributed by atoms with E-state index in [1.54, 1.807) is 22.6 Å². The van der Waals surface area contributed by atoms with Gasteiger partial charge in [-0.05, 0) is 35.9 Å². The molecule has 2 atom stereocenters. The molecule has 0 heterocycles. The van der Waals surface area contributed by atoms with E-state index in [9.17, 15) is 9.59 Å². The van der Waals surface area contributed by atoms with Gasteiger partial charge in [0.15, 0.2) is 0 Å². The summed E-state index contributed by atoms with van der Waals surface area (Å²) in [6.45, 7) is 3.83. The van der Waals surface area contributed by atoms with E-state index in [0.717, 1.165) is 12.8 Å². The number of halogens is 1. The summed E-state index contributed by atoms with van der Waals surface area (Å²) in [5.41, 5.74) is 0. The van der Waals surface area contributed by atoms with Gasteiger partial charge in [0.2, 0.25) is 4.11 Å². The largest absolute Gasteiger partial charge is 0.450 e. The molecule has 0 spiro atoms. The molecule has 6 heteroatoms. The van der Waals surface area contributed by atoms with Crippen LogP contribution in [0.5, 0.6) is 0 Å². The number of alkyl carbamates (subject to hydrolysis) is 1. The molecular formula is C11H16INO4. The Bertz CT molecular complexity index is 300. The minimum absolute atomic E-state index is 0.337. The van der Waals surface area contributed by atoms with E-state index in [1.807, 2.05) is 6.92 Å². The molecule has 0 aliphatic rings. The topological polar surface area (TPSA) is 64.6 Å². The molecule has 0 saturated heterocycles. The second-order valence-electron chi connectivity index (χ2n) is 3.28. The van der Waals surface area contributed by atoms with Gasteiger partial charge in [-0.25, -0.2) is 9.59 Å². The van der Waals surface area contributed by atoms with E-state index in [4.69, 9.17) is 15.9 Å². The Kier molecular flexibility index (Phi) is 8.58. The average Bonchev–Trinajstić information content (AvgIpc) is 2.28. The van der Waals surface area contributed by atoms with Crippen LogP contribution in [0.4, 0.5) is 4.79 Å². The van der Waals surface area contributed by atoms with Gasteiger partial charge in [-0.15, -0.1) is 6.42 Å². The fraction of sp³-hybridized carbons (Fsp3) is 0.636. The third-order valence-corrected chi connectivity index (χ3v) is 2.38. The number of hydrogen-bond donors (Lipinski definition) is 1. The number of nitrogens with one attached hydrogen (secondary N) is 1. The maximum Gasteiger partial charge on any atom is 0.407 e. The molecule has 0 aromatic heterocycles. The van der Waals surface area contributed by atoms with Crippen molar-refractivity contribution in [3.05, 3.63) is 0 Å². The third kappa shape index (κ3) is 7.85. The molecule has 0 radical (unpaired) electrons. The quantitative estimate of drug-likeness (QED) is 0.260. The molecule has 0 aliphatic carbocycles. The Labute approximate surface area is 115 Å². The third-order valence-electron chi connectivity index (χ3n) is 1.77. The Balaban J connectivity index is 3.91. The van der Waals surface area contributed by atoms with Crippen molar-refractivity contribution in [2.45, 2.75) is 36.8 Å². The Morgan fingerprint density at radius 1 is 1.53 bits per heavy atom. The van der Waals surface area contributed by atoms with E-state index >= 15 is 0 Å². The van der Waals surface area contributed by atoms with Crippen molar-refractivity contribution in [2.75, 3.05) is 6.61 Å². The molecular weight excluding hydrogens is 337 g/mol. The van der Waals surface area contributed by atoms with Gasteiger partial charge in [0, 0.05) is 0 Å². The smallest absolute Gasteiger partial charge is 0.407 e. The van der Waals surface area contributed by atoms with Gasteiger partial charge in [-0.1, -0.05) is 19.3 Å². The minimum Gasteiger partial charge on any atom is -0.450 e. The van der Waals surface area contributed by atoms with Gasteiger partial charge in [-0.2, -0.15) is 0 Å². The maximum absolute atomic E-state index is 11.4. The maximum atomic E-state index is 11.4. The summed E-state index contributed by atoms with van der Waals surface area (Å²) in [5.74, 6) is 1.66. The molecule has 0 saturated carbocycles. The number of carbonyl (C=O) groups is 2. The molecule has 17 heavy (non-hydrogen) atoms. The lowest BCUT2D eigenvalue weighted by Crippen LogP contribution is -2.40. The van der Waals surface area contributed by atoms with E-state index in [1.165, 1.54) is 6.92 Å². The number of terminal acetylenes is 1. The number of carbonyl (C=O) groups excluding carboxylic acids is 2. The summed E-state index contributed by atoms with van der Waals surface area (Å²) >= 11 is 1.79. The van der Waals surface area contributed by atoms with Gasteiger partial charge in [0.25, 0.3) is 0 Å². The van der Waals surface area contributed by atoms with Crippen molar-refractivity contribution in [2.24, 2.45) is 0 Å². The molecule has 0 aromatic carbocycles. The van der Waals surface area contributed by atoms with Gasteiger partial charge < -0.3 is 14.8 Å². The van der Waals surface area contributed by atoms with Crippen LogP contribution in [0.1, 0.15) is 26.7 Å². The first-order valence-electron chi connectivity index (χ1n) is 5.25. The van der Waals surface area contributed by atoms with Crippen LogP contribution in [0.2, 0.25) is 0 Å². The predicted molar refractivity (Wildman–Crippen MR) is 71.6 cm³/mol. The molecule has 1 unspecified atom stereocenters. The van der Waals surface area contributed by atoms with E-state index in [-0.39, 0.29) is 0 Å². The van der Waals surface area contributed by atoms with E-state index in [0.29, 0.717) is 6.61 Å². The summed E-state index contributed by atoms with van der Waals surface area (Å²) in [4.78, 5) is 22.6. The zero-order valence-electron chi connectivity index (χ0n) is 9.86. The summed E-state index contributed by atoms with van der Waals surface area (Å²) in [6.07, 6.45) is 6.15. The summed E-state index contributed by atoms with van der Waals surface area (Å²) < 4.78 is 9.03. The monoisotopic (exact) mass is 353 g/mol. The molecule has 0 aromatic rings. The zero-order valence-corrected chi connectivity index (χ0v) is 12.0. The van der Waals surface area contributed by atoms with Gasteiger partial charge >= 0.3 is 12.1 Å². The number of ether oxygens (including phenoxy) is 2. The molecule has 1 amide bonds. The van der Waals surface area contributed by atoms with Crippen molar-refractivity contribution in [3.63, 3.8) is 0 Å². The Morgan fingerprint density at radius 2 is 2.18 bits per heavy atom. The lowest BCUT2D eigenvalue weighted by Gasteiger charge is -2.14. The number of alkyl halides is 1. The zero-order chi connectivity index (χ0) is 13.3. The predicted octanol–water partition coefficient (Wildman–Crippen LogP) is 1.84. The van der Waals surface area contributed by atoms with E-state index < -0.39 is 22.2 Å².